The van der Waals surface area contributed by atoms with Crippen molar-refractivity contribution < 1.29 is 0 Å². The molecular formula is C15H18N6. The van der Waals surface area contributed by atoms with Crippen LogP contribution >= 0.6 is 0 Å². The maximum atomic E-state index is 9.08. The Balaban J connectivity index is 1.64. The first kappa shape index (κ1) is 12.5. The molecule has 2 unspecified atom stereocenters. The van der Waals surface area contributed by atoms with Crippen LogP contribution in [0.3, 0.4) is 0 Å². The molecule has 0 N–H and O–H groups in total. The fourth-order valence-electron chi connectivity index (χ4n) is 3.76. The lowest BCUT2D eigenvalue weighted by atomic mass is 9.88. The van der Waals surface area contributed by atoms with Gasteiger partial charge in [-0.25, -0.2) is 9.97 Å². The van der Waals surface area contributed by atoms with Crippen molar-refractivity contribution in [2.24, 2.45) is 18.9 Å². The second-order valence-corrected chi connectivity index (χ2v) is 6.12. The van der Waals surface area contributed by atoms with Gasteiger partial charge in [-0.2, -0.15) is 5.26 Å². The number of piperidine rings is 1. The van der Waals surface area contributed by atoms with E-state index < -0.39 is 0 Å². The van der Waals surface area contributed by atoms with Gasteiger partial charge in [0.1, 0.15) is 17.8 Å². The molecule has 4 heterocycles. The Morgan fingerprint density at radius 3 is 2.95 bits per heavy atom. The van der Waals surface area contributed by atoms with Crippen molar-refractivity contribution in [3.63, 3.8) is 0 Å². The average Bonchev–Trinajstić information content (AvgIpc) is 3.10. The number of nitrogens with zero attached hydrogens (tertiary/aromatic N) is 6. The summed E-state index contributed by atoms with van der Waals surface area (Å²) in [6.45, 7) is 3.82. The van der Waals surface area contributed by atoms with Crippen LogP contribution in [0.2, 0.25) is 0 Å². The normalized spacial score (nSPS) is 25.1. The minimum absolute atomic E-state index is 0.576. The van der Waals surface area contributed by atoms with Gasteiger partial charge in [0, 0.05) is 39.4 Å². The SMILES string of the molecule is Cn1ccc2c(N3CCC4CN(C#N)CC4C3)ncnc21. The predicted molar refractivity (Wildman–Crippen MR) is 79.5 cm³/mol. The van der Waals surface area contributed by atoms with Crippen molar-refractivity contribution in [3.05, 3.63) is 18.6 Å². The minimum atomic E-state index is 0.576. The van der Waals surface area contributed by atoms with Crippen molar-refractivity contribution in [3.8, 4) is 6.19 Å². The van der Waals surface area contributed by atoms with Crippen LogP contribution in [0.1, 0.15) is 6.42 Å². The summed E-state index contributed by atoms with van der Waals surface area (Å²) < 4.78 is 2.03. The fraction of sp³-hybridized carbons (Fsp3) is 0.533. The fourth-order valence-corrected chi connectivity index (χ4v) is 3.76. The molecule has 2 aromatic heterocycles. The van der Waals surface area contributed by atoms with Gasteiger partial charge in [0.25, 0.3) is 0 Å². The minimum Gasteiger partial charge on any atom is -0.356 e. The van der Waals surface area contributed by atoms with Crippen LogP contribution in [-0.4, -0.2) is 45.6 Å². The highest BCUT2D eigenvalue weighted by atomic mass is 15.2. The molecule has 0 saturated carbocycles. The van der Waals surface area contributed by atoms with E-state index in [9.17, 15) is 0 Å². The predicted octanol–water partition coefficient (Wildman–Crippen LogP) is 1.21. The van der Waals surface area contributed by atoms with Crippen LogP contribution in [0.4, 0.5) is 5.82 Å². The summed E-state index contributed by atoms with van der Waals surface area (Å²) in [6, 6.07) is 2.09. The third-order valence-corrected chi connectivity index (χ3v) is 4.88. The summed E-state index contributed by atoms with van der Waals surface area (Å²) in [6.07, 6.45) is 7.12. The number of nitriles is 1. The van der Waals surface area contributed by atoms with Gasteiger partial charge in [-0.1, -0.05) is 0 Å². The third kappa shape index (κ3) is 1.92. The number of hydrogen-bond acceptors (Lipinski definition) is 5. The molecule has 21 heavy (non-hydrogen) atoms. The number of hydrogen-bond donors (Lipinski definition) is 0. The van der Waals surface area contributed by atoms with Gasteiger partial charge in [-0.05, 0) is 24.3 Å². The van der Waals surface area contributed by atoms with Gasteiger partial charge in [-0.3, -0.25) is 0 Å². The van der Waals surface area contributed by atoms with Crippen LogP contribution in [0.5, 0.6) is 0 Å². The largest absolute Gasteiger partial charge is 0.356 e. The molecule has 2 fully saturated rings. The summed E-state index contributed by atoms with van der Waals surface area (Å²) in [5, 5.41) is 10.2. The van der Waals surface area contributed by atoms with Crippen LogP contribution in [-0.2, 0) is 7.05 Å². The first-order valence-electron chi connectivity index (χ1n) is 7.42. The van der Waals surface area contributed by atoms with Gasteiger partial charge >= 0.3 is 0 Å². The lowest BCUT2D eigenvalue weighted by Gasteiger charge is -2.35. The van der Waals surface area contributed by atoms with Gasteiger partial charge in [0.2, 0.25) is 0 Å². The van der Waals surface area contributed by atoms with E-state index in [1.807, 2.05) is 22.7 Å². The Hall–Kier alpha value is -2.29. The molecule has 0 radical (unpaired) electrons. The Morgan fingerprint density at radius 2 is 2.10 bits per heavy atom. The van der Waals surface area contributed by atoms with Crippen LogP contribution in [0, 0.1) is 23.3 Å². The van der Waals surface area contributed by atoms with Crippen LogP contribution in [0.15, 0.2) is 18.6 Å². The second kappa shape index (κ2) is 4.62. The highest BCUT2D eigenvalue weighted by Gasteiger charge is 2.37. The summed E-state index contributed by atoms with van der Waals surface area (Å²) in [5.74, 6) is 2.27. The summed E-state index contributed by atoms with van der Waals surface area (Å²) in [4.78, 5) is 13.1. The highest BCUT2D eigenvalue weighted by Crippen LogP contribution is 2.34. The van der Waals surface area contributed by atoms with E-state index in [1.165, 1.54) is 0 Å². The van der Waals surface area contributed by atoms with Crippen LogP contribution < -0.4 is 4.90 Å². The molecule has 0 spiro atoms. The van der Waals surface area contributed by atoms with Crippen LogP contribution in [0.25, 0.3) is 11.0 Å². The lowest BCUT2D eigenvalue weighted by molar-refractivity contribution is 0.348. The molecule has 6 heteroatoms. The summed E-state index contributed by atoms with van der Waals surface area (Å²) in [5.41, 5.74) is 0.979. The standard InChI is InChI=1S/C15H18N6/c1-19-4-3-13-14(19)17-10-18-15(13)21-5-2-11-6-20(9-16)7-12(11)8-21/h3-4,10-12H,2,5-8H2,1H3. The maximum absolute atomic E-state index is 9.08. The van der Waals surface area contributed by atoms with Gasteiger partial charge in [0.05, 0.1) is 5.39 Å². The number of rotatable bonds is 1. The summed E-state index contributed by atoms with van der Waals surface area (Å²) in [7, 11) is 2.01. The molecule has 2 atom stereocenters. The topological polar surface area (TPSA) is 61.0 Å². The van der Waals surface area contributed by atoms with E-state index in [0.717, 1.165) is 49.5 Å². The molecule has 6 nitrogen and oxygen atoms in total. The van der Waals surface area contributed by atoms with Gasteiger partial charge in [0.15, 0.2) is 6.19 Å². The number of aryl methyl sites for hydroxylation is 1. The van der Waals surface area contributed by atoms with Crippen molar-refractivity contribution in [2.45, 2.75) is 6.42 Å². The average molecular weight is 282 g/mol. The number of likely N-dealkylation sites (tertiary alicyclic amines) is 1. The first-order valence-corrected chi connectivity index (χ1v) is 7.42. The smallest absolute Gasteiger partial charge is 0.179 e. The van der Waals surface area contributed by atoms with Crippen molar-refractivity contribution in [1.82, 2.24) is 19.4 Å². The Morgan fingerprint density at radius 1 is 1.24 bits per heavy atom. The van der Waals surface area contributed by atoms with E-state index in [1.54, 1.807) is 6.33 Å². The Kier molecular flexibility index (Phi) is 2.74. The molecule has 0 aliphatic carbocycles. The number of anilines is 1. The molecular weight excluding hydrogens is 264 g/mol. The summed E-state index contributed by atoms with van der Waals surface area (Å²) >= 11 is 0. The molecule has 4 rings (SSSR count). The zero-order valence-electron chi connectivity index (χ0n) is 12.1. The molecule has 2 aliphatic rings. The molecule has 0 bridgehead atoms. The van der Waals surface area contributed by atoms with E-state index in [-0.39, 0.29) is 0 Å². The molecule has 108 valence electrons. The number of fused-ring (bicyclic) bond motifs is 2. The first-order chi connectivity index (χ1) is 10.3. The monoisotopic (exact) mass is 282 g/mol. The Labute approximate surface area is 123 Å². The van der Waals surface area contributed by atoms with Crippen molar-refractivity contribution in [1.29, 1.82) is 5.26 Å². The van der Waals surface area contributed by atoms with E-state index in [2.05, 4.69) is 27.1 Å². The zero-order valence-corrected chi connectivity index (χ0v) is 12.1. The molecule has 2 saturated heterocycles. The molecule has 0 amide bonds. The molecule has 2 aromatic rings. The zero-order chi connectivity index (χ0) is 14.4. The van der Waals surface area contributed by atoms with Gasteiger partial charge < -0.3 is 14.4 Å². The quantitative estimate of drug-likeness (QED) is 0.736. The lowest BCUT2D eigenvalue weighted by Crippen LogP contribution is -2.40. The third-order valence-electron chi connectivity index (χ3n) is 4.88. The number of aromatic nitrogens is 3. The van der Waals surface area contributed by atoms with Crippen molar-refractivity contribution >= 4 is 16.9 Å². The van der Waals surface area contributed by atoms with Gasteiger partial charge in [-0.15, -0.1) is 0 Å². The van der Waals surface area contributed by atoms with E-state index in [4.69, 9.17) is 5.26 Å². The second-order valence-electron chi connectivity index (χ2n) is 6.12. The molecule has 2 aliphatic heterocycles. The molecule has 0 aromatic carbocycles. The van der Waals surface area contributed by atoms with E-state index in [0.29, 0.717) is 11.8 Å². The Bertz CT molecular complexity index is 715. The van der Waals surface area contributed by atoms with E-state index >= 15 is 0 Å². The van der Waals surface area contributed by atoms with Crippen molar-refractivity contribution in [2.75, 3.05) is 31.1 Å². The highest BCUT2D eigenvalue weighted by molar-refractivity contribution is 5.87. The maximum Gasteiger partial charge on any atom is 0.179 e.